The van der Waals surface area contributed by atoms with Crippen LogP contribution in [0.15, 0.2) is 30.5 Å². The topological polar surface area (TPSA) is 48.3 Å². The third-order valence-electron chi connectivity index (χ3n) is 4.54. The van der Waals surface area contributed by atoms with Crippen molar-refractivity contribution >= 4 is 0 Å². The standard InChI is InChI=1S/C18H25N3O2/c1-13(20-15-8-10-23-11-9-15)18-12-19-21(14(18)2)16-4-6-17(22-3)7-5-16/h4-7,12-13,15,20H,8-11H2,1-3H3. The van der Waals surface area contributed by atoms with Crippen LogP contribution in [0, 0.1) is 6.92 Å². The summed E-state index contributed by atoms with van der Waals surface area (Å²) in [7, 11) is 1.68. The molecule has 1 aromatic heterocycles. The molecule has 2 heterocycles. The second kappa shape index (κ2) is 7.15. The molecule has 0 amide bonds. The number of aromatic nitrogens is 2. The zero-order valence-corrected chi connectivity index (χ0v) is 14.1. The molecule has 0 bridgehead atoms. The number of benzene rings is 1. The summed E-state index contributed by atoms with van der Waals surface area (Å²) in [4.78, 5) is 0. The molecule has 1 aliphatic heterocycles. The van der Waals surface area contributed by atoms with Gasteiger partial charge in [-0.3, -0.25) is 0 Å². The Kier molecular flexibility index (Phi) is 4.98. The maximum absolute atomic E-state index is 5.42. The Morgan fingerprint density at radius 1 is 1.26 bits per heavy atom. The molecular formula is C18H25N3O2. The highest BCUT2D eigenvalue weighted by Gasteiger charge is 2.19. The molecule has 1 saturated heterocycles. The van der Waals surface area contributed by atoms with Crippen molar-refractivity contribution in [2.75, 3.05) is 20.3 Å². The summed E-state index contributed by atoms with van der Waals surface area (Å²) in [5.41, 5.74) is 3.46. The zero-order valence-electron chi connectivity index (χ0n) is 14.1. The van der Waals surface area contributed by atoms with Crippen molar-refractivity contribution in [3.8, 4) is 11.4 Å². The highest BCUT2D eigenvalue weighted by molar-refractivity contribution is 5.39. The second-order valence-corrected chi connectivity index (χ2v) is 6.07. The summed E-state index contributed by atoms with van der Waals surface area (Å²) in [6.07, 6.45) is 4.13. The van der Waals surface area contributed by atoms with E-state index in [1.807, 2.05) is 35.1 Å². The molecule has 23 heavy (non-hydrogen) atoms. The van der Waals surface area contributed by atoms with Crippen LogP contribution in [-0.4, -0.2) is 36.1 Å². The lowest BCUT2D eigenvalue weighted by Crippen LogP contribution is -2.36. The van der Waals surface area contributed by atoms with Crippen LogP contribution in [0.1, 0.15) is 37.1 Å². The molecule has 1 unspecified atom stereocenters. The second-order valence-electron chi connectivity index (χ2n) is 6.07. The predicted octanol–water partition coefficient (Wildman–Crippen LogP) is 3.02. The van der Waals surface area contributed by atoms with Crippen LogP contribution in [-0.2, 0) is 4.74 Å². The summed E-state index contributed by atoms with van der Waals surface area (Å²) in [5.74, 6) is 0.855. The number of rotatable bonds is 5. The van der Waals surface area contributed by atoms with Gasteiger partial charge in [-0.15, -0.1) is 0 Å². The fourth-order valence-electron chi connectivity index (χ4n) is 3.14. The van der Waals surface area contributed by atoms with Gasteiger partial charge in [-0.1, -0.05) is 0 Å². The van der Waals surface area contributed by atoms with Gasteiger partial charge in [0, 0.05) is 36.6 Å². The van der Waals surface area contributed by atoms with Crippen LogP contribution in [0.5, 0.6) is 5.75 Å². The van der Waals surface area contributed by atoms with Gasteiger partial charge in [0.05, 0.1) is 19.0 Å². The van der Waals surface area contributed by atoms with Gasteiger partial charge in [0.25, 0.3) is 0 Å². The van der Waals surface area contributed by atoms with Gasteiger partial charge >= 0.3 is 0 Å². The molecule has 5 heteroatoms. The molecule has 1 fully saturated rings. The summed E-state index contributed by atoms with van der Waals surface area (Å²) < 4.78 is 12.6. The molecule has 0 radical (unpaired) electrons. The molecule has 124 valence electrons. The first kappa shape index (κ1) is 16.0. The maximum atomic E-state index is 5.42. The molecule has 2 aromatic rings. The first-order chi connectivity index (χ1) is 11.2. The third kappa shape index (κ3) is 3.57. The molecule has 1 aromatic carbocycles. The average Bonchev–Trinajstić information content (AvgIpc) is 2.97. The molecule has 1 atom stereocenters. The average molecular weight is 315 g/mol. The van der Waals surface area contributed by atoms with Crippen molar-refractivity contribution < 1.29 is 9.47 Å². The van der Waals surface area contributed by atoms with Crippen molar-refractivity contribution in [2.24, 2.45) is 0 Å². The smallest absolute Gasteiger partial charge is 0.119 e. The Hall–Kier alpha value is -1.85. The Bertz CT molecular complexity index is 630. The van der Waals surface area contributed by atoms with Crippen molar-refractivity contribution in [3.63, 3.8) is 0 Å². The maximum Gasteiger partial charge on any atom is 0.119 e. The van der Waals surface area contributed by atoms with E-state index in [4.69, 9.17) is 9.47 Å². The fraction of sp³-hybridized carbons (Fsp3) is 0.500. The minimum Gasteiger partial charge on any atom is -0.497 e. The highest BCUT2D eigenvalue weighted by Crippen LogP contribution is 2.23. The van der Waals surface area contributed by atoms with Crippen LogP contribution >= 0.6 is 0 Å². The van der Waals surface area contributed by atoms with Crippen molar-refractivity contribution in [1.29, 1.82) is 0 Å². The van der Waals surface area contributed by atoms with Gasteiger partial charge in [0.2, 0.25) is 0 Å². The molecule has 0 aliphatic carbocycles. The van der Waals surface area contributed by atoms with Crippen LogP contribution < -0.4 is 10.1 Å². The van der Waals surface area contributed by atoms with Crippen molar-refractivity contribution in [3.05, 3.63) is 41.7 Å². The lowest BCUT2D eigenvalue weighted by molar-refractivity contribution is 0.0754. The highest BCUT2D eigenvalue weighted by atomic mass is 16.5. The van der Waals surface area contributed by atoms with E-state index in [1.165, 1.54) is 11.3 Å². The van der Waals surface area contributed by atoms with Gasteiger partial charge in [-0.25, -0.2) is 4.68 Å². The normalized spacial score (nSPS) is 17.2. The van der Waals surface area contributed by atoms with Crippen LogP contribution in [0.4, 0.5) is 0 Å². The summed E-state index contributed by atoms with van der Waals surface area (Å²) in [6, 6.07) is 8.78. The molecule has 1 aliphatic rings. The van der Waals surface area contributed by atoms with Crippen molar-refractivity contribution in [1.82, 2.24) is 15.1 Å². The number of methoxy groups -OCH3 is 1. The van der Waals surface area contributed by atoms with Gasteiger partial charge in [0.1, 0.15) is 5.75 Å². The van der Waals surface area contributed by atoms with E-state index < -0.39 is 0 Å². The van der Waals surface area contributed by atoms with E-state index in [9.17, 15) is 0 Å². The van der Waals surface area contributed by atoms with E-state index >= 15 is 0 Å². The van der Waals surface area contributed by atoms with E-state index in [0.717, 1.165) is 37.5 Å². The summed E-state index contributed by atoms with van der Waals surface area (Å²) in [5, 5.41) is 8.27. The molecule has 0 spiro atoms. The first-order valence-electron chi connectivity index (χ1n) is 8.22. The Morgan fingerprint density at radius 2 is 1.96 bits per heavy atom. The monoisotopic (exact) mass is 315 g/mol. The number of nitrogens with one attached hydrogen (secondary N) is 1. The van der Waals surface area contributed by atoms with Crippen LogP contribution in [0.2, 0.25) is 0 Å². The number of hydrogen-bond acceptors (Lipinski definition) is 4. The quantitative estimate of drug-likeness (QED) is 0.921. The lowest BCUT2D eigenvalue weighted by Gasteiger charge is -2.26. The van der Waals surface area contributed by atoms with Crippen LogP contribution in [0.3, 0.4) is 0 Å². The third-order valence-corrected chi connectivity index (χ3v) is 4.54. The zero-order chi connectivity index (χ0) is 16.2. The van der Waals surface area contributed by atoms with Crippen molar-refractivity contribution in [2.45, 2.75) is 38.8 Å². The van der Waals surface area contributed by atoms with Crippen LogP contribution in [0.25, 0.3) is 5.69 Å². The largest absolute Gasteiger partial charge is 0.497 e. The Labute approximate surface area is 137 Å². The van der Waals surface area contributed by atoms with E-state index in [2.05, 4.69) is 24.3 Å². The SMILES string of the molecule is COc1ccc(-n2ncc(C(C)NC3CCOCC3)c2C)cc1. The van der Waals surface area contributed by atoms with E-state index in [0.29, 0.717) is 6.04 Å². The Balaban J connectivity index is 1.74. The van der Waals surface area contributed by atoms with Gasteiger partial charge < -0.3 is 14.8 Å². The lowest BCUT2D eigenvalue weighted by atomic mass is 10.0. The van der Waals surface area contributed by atoms with Gasteiger partial charge in [-0.05, 0) is 51.0 Å². The number of nitrogens with zero attached hydrogens (tertiary/aromatic N) is 2. The minimum absolute atomic E-state index is 0.282. The Morgan fingerprint density at radius 3 is 2.61 bits per heavy atom. The first-order valence-corrected chi connectivity index (χ1v) is 8.22. The fourth-order valence-corrected chi connectivity index (χ4v) is 3.14. The number of ether oxygens (including phenoxy) is 2. The molecule has 0 saturated carbocycles. The molecule has 5 nitrogen and oxygen atoms in total. The molecule has 1 N–H and O–H groups in total. The van der Waals surface area contributed by atoms with Gasteiger partial charge in [-0.2, -0.15) is 5.10 Å². The van der Waals surface area contributed by atoms with E-state index in [-0.39, 0.29) is 6.04 Å². The summed E-state index contributed by atoms with van der Waals surface area (Å²) >= 11 is 0. The van der Waals surface area contributed by atoms with E-state index in [1.54, 1.807) is 7.11 Å². The predicted molar refractivity (Wildman–Crippen MR) is 90.2 cm³/mol. The minimum atomic E-state index is 0.282. The molecule has 3 rings (SSSR count). The summed E-state index contributed by atoms with van der Waals surface area (Å²) in [6.45, 7) is 6.04. The van der Waals surface area contributed by atoms with Gasteiger partial charge in [0.15, 0.2) is 0 Å². The number of hydrogen-bond donors (Lipinski definition) is 1. The molecular weight excluding hydrogens is 290 g/mol.